The zero-order valence-corrected chi connectivity index (χ0v) is 14.7. The maximum atomic E-state index is 5.89. The van der Waals surface area contributed by atoms with Crippen molar-refractivity contribution in [3.05, 3.63) is 10.6 Å². The van der Waals surface area contributed by atoms with E-state index in [0.29, 0.717) is 25.7 Å². The third-order valence-electron chi connectivity index (χ3n) is 3.70. The van der Waals surface area contributed by atoms with Crippen molar-refractivity contribution in [1.29, 1.82) is 0 Å². The molecule has 0 radical (unpaired) electrons. The Bertz CT molecular complexity index is 412. The lowest BCUT2D eigenvalue weighted by Crippen LogP contribution is -2.38. The van der Waals surface area contributed by atoms with Crippen LogP contribution in [0.2, 0.25) is 0 Å². The molecule has 0 aliphatic heterocycles. The normalized spacial score (nSPS) is 14.2. The van der Waals surface area contributed by atoms with Gasteiger partial charge in [0.15, 0.2) is 5.13 Å². The van der Waals surface area contributed by atoms with Gasteiger partial charge in [-0.3, -0.25) is 0 Å². The molecule has 0 aliphatic rings. The molecule has 1 heterocycles. The number of nitrogens with zero attached hydrogens (tertiary/aromatic N) is 2. The van der Waals surface area contributed by atoms with Crippen molar-refractivity contribution in [2.24, 2.45) is 5.73 Å². The predicted molar refractivity (Wildman–Crippen MR) is 89.3 cm³/mol. The van der Waals surface area contributed by atoms with Gasteiger partial charge in [0.2, 0.25) is 0 Å². The number of thiazole rings is 1. The average Bonchev–Trinajstić information content (AvgIpc) is 2.91. The number of methoxy groups -OCH3 is 2. The Morgan fingerprint density at radius 1 is 1.29 bits per heavy atom. The predicted octanol–water partition coefficient (Wildman–Crippen LogP) is 2.60. The van der Waals surface area contributed by atoms with E-state index in [0.717, 1.165) is 23.8 Å². The standard InChI is InChI=1S/C15H29N3O2S/c1-6-11(2)14-13(9-16)21-15(17-14)18(7-8-19-4)12(3)10-20-5/h11-12H,6-10,16H2,1-5H3. The van der Waals surface area contributed by atoms with Gasteiger partial charge in [0.25, 0.3) is 0 Å². The highest BCUT2D eigenvalue weighted by Crippen LogP contribution is 2.32. The summed E-state index contributed by atoms with van der Waals surface area (Å²) in [7, 11) is 3.44. The fraction of sp³-hybridized carbons (Fsp3) is 0.800. The molecule has 1 aromatic rings. The fourth-order valence-electron chi connectivity index (χ4n) is 2.22. The Labute approximate surface area is 132 Å². The first-order valence-electron chi connectivity index (χ1n) is 7.53. The molecule has 2 unspecified atom stereocenters. The van der Waals surface area contributed by atoms with Gasteiger partial charge >= 0.3 is 0 Å². The van der Waals surface area contributed by atoms with Gasteiger partial charge in [-0.2, -0.15) is 0 Å². The number of anilines is 1. The summed E-state index contributed by atoms with van der Waals surface area (Å²) in [6.07, 6.45) is 1.07. The summed E-state index contributed by atoms with van der Waals surface area (Å²) >= 11 is 1.69. The lowest BCUT2D eigenvalue weighted by Gasteiger charge is -2.28. The van der Waals surface area contributed by atoms with Crippen LogP contribution in [-0.2, 0) is 16.0 Å². The van der Waals surface area contributed by atoms with Crippen LogP contribution in [0.15, 0.2) is 0 Å². The van der Waals surface area contributed by atoms with Gasteiger partial charge < -0.3 is 20.1 Å². The Balaban J connectivity index is 3.03. The lowest BCUT2D eigenvalue weighted by atomic mass is 10.0. The second-order valence-electron chi connectivity index (χ2n) is 5.31. The molecule has 21 heavy (non-hydrogen) atoms. The molecule has 6 heteroatoms. The van der Waals surface area contributed by atoms with Crippen LogP contribution >= 0.6 is 11.3 Å². The first kappa shape index (κ1) is 18.4. The number of aromatic nitrogens is 1. The summed E-state index contributed by atoms with van der Waals surface area (Å²) in [5.74, 6) is 0.440. The molecular weight excluding hydrogens is 286 g/mol. The minimum atomic E-state index is 0.256. The molecular formula is C15H29N3O2S. The Morgan fingerprint density at radius 3 is 2.52 bits per heavy atom. The molecule has 1 aromatic heterocycles. The highest BCUT2D eigenvalue weighted by atomic mass is 32.1. The summed E-state index contributed by atoms with van der Waals surface area (Å²) in [5, 5.41) is 1.02. The van der Waals surface area contributed by atoms with Gasteiger partial charge in [0.05, 0.1) is 24.9 Å². The van der Waals surface area contributed by atoms with Gasteiger partial charge in [-0.1, -0.05) is 13.8 Å². The Hall–Kier alpha value is -0.690. The zero-order chi connectivity index (χ0) is 15.8. The van der Waals surface area contributed by atoms with E-state index in [1.54, 1.807) is 25.6 Å². The van der Waals surface area contributed by atoms with Crippen molar-refractivity contribution in [2.45, 2.75) is 45.7 Å². The molecule has 2 atom stereocenters. The van der Waals surface area contributed by atoms with Crippen molar-refractivity contribution in [3.63, 3.8) is 0 Å². The van der Waals surface area contributed by atoms with E-state index in [4.69, 9.17) is 20.2 Å². The SMILES string of the molecule is CCC(C)c1nc(N(CCOC)C(C)COC)sc1CN. The van der Waals surface area contributed by atoms with E-state index in [9.17, 15) is 0 Å². The van der Waals surface area contributed by atoms with Gasteiger partial charge in [0, 0.05) is 32.2 Å². The zero-order valence-electron chi connectivity index (χ0n) is 13.9. The molecule has 1 rings (SSSR count). The summed E-state index contributed by atoms with van der Waals surface area (Å²) in [5.41, 5.74) is 7.04. The number of nitrogens with two attached hydrogens (primary N) is 1. The third-order valence-corrected chi connectivity index (χ3v) is 4.83. The van der Waals surface area contributed by atoms with Crippen molar-refractivity contribution >= 4 is 16.5 Å². The van der Waals surface area contributed by atoms with Crippen molar-refractivity contribution in [3.8, 4) is 0 Å². The maximum absolute atomic E-state index is 5.89. The van der Waals surface area contributed by atoms with Gasteiger partial charge in [-0.25, -0.2) is 4.98 Å². The summed E-state index contributed by atoms with van der Waals surface area (Å²) in [4.78, 5) is 8.30. The molecule has 0 aromatic carbocycles. The first-order valence-corrected chi connectivity index (χ1v) is 8.34. The number of hydrogen-bond acceptors (Lipinski definition) is 6. The quantitative estimate of drug-likeness (QED) is 0.719. The summed E-state index contributed by atoms with van der Waals surface area (Å²) < 4.78 is 10.5. The minimum Gasteiger partial charge on any atom is -0.383 e. The van der Waals surface area contributed by atoms with E-state index in [1.165, 1.54) is 4.88 Å². The topological polar surface area (TPSA) is 60.6 Å². The molecule has 0 saturated heterocycles. The van der Waals surface area contributed by atoms with Crippen molar-refractivity contribution in [1.82, 2.24) is 4.98 Å². The van der Waals surface area contributed by atoms with Crippen LogP contribution in [0.3, 0.4) is 0 Å². The second-order valence-corrected chi connectivity index (χ2v) is 6.37. The molecule has 122 valence electrons. The molecule has 5 nitrogen and oxygen atoms in total. The summed E-state index contributed by atoms with van der Waals surface area (Å²) in [6, 6.07) is 0.256. The molecule has 2 N–H and O–H groups in total. The van der Waals surface area contributed by atoms with Crippen molar-refractivity contribution < 1.29 is 9.47 Å². The van der Waals surface area contributed by atoms with E-state index >= 15 is 0 Å². The Kier molecular flexibility index (Phi) is 8.18. The van der Waals surface area contributed by atoms with Crippen LogP contribution in [-0.4, -0.2) is 45.0 Å². The van der Waals surface area contributed by atoms with Gasteiger partial charge in [-0.15, -0.1) is 11.3 Å². The van der Waals surface area contributed by atoms with E-state index < -0.39 is 0 Å². The van der Waals surface area contributed by atoms with Crippen molar-refractivity contribution in [2.75, 3.05) is 38.9 Å². The Morgan fingerprint density at radius 2 is 2.00 bits per heavy atom. The van der Waals surface area contributed by atoms with Crippen LogP contribution in [0.5, 0.6) is 0 Å². The van der Waals surface area contributed by atoms with E-state index in [2.05, 4.69) is 25.7 Å². The molecule has 0 aliphatic carbocycles. The average molecular weight is 315 g/mol. The minimum absolute atomic E-state index is 0.256. The lowest BCUT2D eigenvalue weighted by molar-refractivity contribution is 0.171. The second kappa shape index (κ2) is 9.35. The highest BCUT2D eigenvalue weighted by Gasteiger charge is 2.22. The van der Waals surface area contributed by atoms with E-state index in [-0.39, 0.29) is 6.04 Å². The van der Waals surface area contributed by atoms with Gasteiger partial charge in [0.1, 0.15) is 0 Å². The smallest absolute Gasteiger partial charge is 0.186 e. The molecule has 0 bridgehead atoms. The number of rotatable bonds is 10. The van der Waals surface area contributed by atoms with Crippen LogP contribution in [0.4, 0.5) is 5.13 Å². The third kappa shape index (κ3) is 4.92. The molecule has 0 fully saturated rings. The molecule has 0 amide bonds. The van der Waals surface area contributed by atoms with Gasteiger partial charge in [-0.05, 0) is 19.3 Å². The van der Waals surface area contributed by atoms with Crippen LogP contribution < -0.4 is 10.6 Å². The largest absolute Gasteiger partial charge is 0.383 e. The van der Waals surface area contributed by atoms with Crippen LogP contribution in [0, 0.1) is 0 Å². The highest BCUT2D eigenvalue weighted by molar-refractivity contribution is 7.15. The molecule has 0 spiro atoms. The number of ether oxygens (including phenoxy) is 2. The summed E-state index contributed by atoms with van der Waals surface area (Å²) in [6.45, 7) is 9.22. The number of hydrogen-bond donors (Lipinski definition) is 1. The maximum Gasteiger partial charge on any atom is 0.186 e. The van der Waals surface area contributed by atoms with Crippen LogP contribution in [0.1, 0.15) is 43.7 Å². The monoisotopic (exact) mass is 315 g/mol. The fourth-order valence-corrected chi connectivity index (χ4v) is 3.41. The van der Waals surface area contributed by atoms with Crippen LogP contribution in [0.25, 0.3) is 0 Å². The van der Waals surface area contributed by atoms with E-state index in [1.807, 2.05) is 0 Å². The first-order chi connectivity index (χ1) is 10.1. The molecule has 0 saturated carbocycles.